The van der Waals surface area contributed by atoms with Gasteiger partial charge in [0.05, 0.1) is 11.2 Å². The summed E-state index contributed by atoms with van der Waals surface area (Å²) in [6.07, 6.45) is 2.61. The average Bonchev–Trinajstić information content (AvgIpc) is 3.28. The van der Waals surface area contributed by atoms with Crippen LogP contribution < -0.4 is 10.6 Å². The van der Waals surface area contributed by atoms with Crippen LogP contribution in [0.1, 0.15) is 32.4 Å². The Labute approximate surface area is 120 Å². The van der Waals surface area contributed by atoms with E-state index < -0.39 is 0 Å². The molecule has 1 saturated carbocycles. The van der Waals surface area contributed by atoms with Gasteiger partial charge >= 0.3 is 0 Å². The van der Waals surface area contributed by atoms with Crippen molar-refractivity contribution in [3.8, 4) is 0 Å². The summed E-state index contributed by atoms with van der Waals surface area (Å²) >= 11 is 0. The first-order valence-electron chi connectivity index (χ1n) is 7.54. The molecule has 2 aromatic rings. The van der Waals surface area contributed by atoms with Gasteiger partial charge in [-0.3, -0.25) is 4.98 Å². The van der Waals surface area contributed by atoms with Gasteiger partial charge in [-0.15, -0.1) is 0 Å². The summed E-state index contributed by atoms with van der Waals surface area (Å²) in [5.74, 6) is 0.656. The van der Waals surface area contributed by atoms with Crippen molar-refractivity contribution in [3.63, 3.8) is 0 Å². The normalized spacial score (nSPS) is 15.0. The van der Waals surface area contributed by atoms with Crippen molar-refractivity contribution in [1.29, 1.82) is 0 Å². The Balaban J connectivity index is 2.11. The fraction of sp³-hybridized carbons (Fsp3) is 0.471. The second-order valence-electron chi connectivity index (χ2n) is 6.13. The van der Waals surface area contributed by atoms with Gasteiger partial charge in [0.25, 0.3) is 0 Å². The smallest absolute Gasteiger partial charge is 0.0726 e. The summed E-state index contributed by atoms with van der Waals surface area (Å²) in [5.41, 5.74) is 9.17. The van der Waals surface area contributed by atoms with E-state index in [2.05, 4.69) is 48.0 Å². The number of anilines is 1. The van der Waals surface area contributed by atoms with Gasteiger partial charge in [0, 0.05) is 30.2 Å². The molecule has 1 aromatic heterocycles. The molecule has 106 valence electrons. The number of para-hydroxylation sites is 1. The molecule has 1 aliphatic carbocycles. The maximum absolute atomic E-state index is 5.82. The van der Waals surface area contributed by atoms with Crippen molar-refractivity contribution in [2.75, 3.05) is 11.4 Å². The molecule has 20 heavy (non-hydrogen) atoms. The van der Waals surface area contributed by atoms with E-state index in [4.69, 9.17) is 5.73 Å². The third kappa shape index (κ3) is 2.63. The molecule has 1 aliphatic rings. The summed E-state index contributed by atoms with van der Waals surface area (Å²) < 4.78 is 0. The highest BCUT2D eigenvalue weighted by Crippen LogP contribution is 2.36. The maximum Gasteiger partial charge on any atom is 0.0726 e. The number of pyridine rings is 1. The summed E-state index contributed by atoms with van der Waals surface area (Å²) in [5, 5.41) is 1.25. The summed E-state index contributed by atoms with van der Waals surface area (Å²) in [6.45, 7) is 6.16. The number of rotatable bonds is 5. The molecular weight excluding hydrogens is 246 g/mol. The van der Waals surface area contributed by atoms with E-state index in [-0.39, 0.29) is 0 Å². The molecule has 0 aliphatic heterocycles. The van der Waals surface area contributed by atoms with Crippen LogP contribution in [-0.2, 0) is 6.54 Å². The molecule has 1 fully saturated rings. The Bertz CT molecular complexity index is 602. The first-order chi connectivity index (χ1) is 9.69. The third-order valence-corrected chi connectivity index (χ3v) is 3.82. The molecule has 0 amide bonds. The van der Waals surface area contributed by atoms with Crippen LogP contribution in [0.4, 0.5) is 5.69 Å². The number of hydrogen-bond donors (Lipinski definition) is 1. The maximum atomic E-state index is 5.82. The number of fused-ring (bicyclic) bond motifs is 1. The largest absolute Gasteiger partial charge is 0.368 e. The lowest BCUT2D eigenvalue weighted by molar-refractivity contribution is 0.608. The summed E-state index contributed by atoms with van der Waals surface area (Å²) in [7, 11) is 0. The van der Waals surface area contributed by atoms with E-state index >= 15 is 0 Å². The van der Waals surface area contributed by atoms with Gasteiger partial charge < -0.3 is 10.6 Å². The molecule has 2 N–H and O–H groups in total. The zero-order valence-corrected chi connectivity index (χ0v) is 12.3. The summed E-state index contributed by atoms with van der Waals surface area (Å²) in [4.78, 5) is 7.21. The van der Waals surface area contributed by atoms with Crippen molar-refractivity contribution in [3.05, 3.63) is 36.0 Å². The lowest BCUT2D eigenvalue weighted by atomic mass is 10.1. The molecule has 3 rings (SSSR count). The zero-order chi connectivity index (χ0) is 14.1. The Morgan fingerprint density at radius 2 is 2.05 bits per heavy atom. The third-order valence-electron chi connectivity index (χ3n) is 3.82. The van der Waals surface area contributed by atoms with Crippen LogP contribution in [0.3, 0.4) is 0 Å². The SMILES string of the molecule is CC(C)CN(c1cc(CN)nc2ccccc12)C1CC1. The van der Waals surface area contributed by atoms with Crippen LogP contribution in [0.15, 0.2) is 30.3 Å². The van der Waals surface area contributed by atoms with E-state index in [9.17, 15) is 0 Å². The quantitative estimate of drug-likeness (QED) is 0.905. The fourth-order valence-electron chi connectivity index (χ4n) is 2.78. The van der Waals surface area contributed by atoms with Crippen molar-refractivity contribution < 1.29 is 0 Å². The molecule has 0 bridgehead atoms. The predicted octanol–water partition coefficient (Wildman–Crippen LogP) is 3.32. The number of benzene rings is 1. The minimum atomic E-state index is 0.498. The average molecular weight is 269 g/mol. The van der Waals surface area contributed by atoms with Crippen LogP contribution >= 0.6 is 0 Å². The minimum Gasteiger partial charge on any atom is -0.368 e. The van der Waals surface area contributed by atoms with Crippen LogP contribution in [-0.4, -0.2) is 17.6 Å². The van der Waals surface area contributed by atoms with Crippen molar-refractivity contribution in [2.45, 2.75) is 39.3 Å². The van der Waals surface area contributed by atoms with Gasteiger partial charge in [0.15, 0.2) is 0 Å². The Kier molecular flexibility index (Phi) is 3.62. The first kappa shape index (κ1) is 13.4. The highest BCUT2D eigenvalue weighted by atomic mass is 15.2. The lowest BCUT2D eigenvalue weighted by Gasteiger charge is -2.28. The van der Waals surface area contributed by atoms with Gasteiger partial charge in [-0.25, -0.2) is 0 Å². The number of nitrogens with zero attached hydrogens (tertiary/aromatic N) is 2. The molecular formula is C17H23N3. The van der Waals surface area contributed by atoms with E-state index in [1.165, 1.54) is 23.9 Å². The molecule has 0 saturated heterocycles. The molecule has 0 radical (unpaired) electrons. The number of hydrogen-bond acceptors (Lipinski definition) is 3. The van der Waals surface area contributed by atoms with Crippen LogP contribution in [0.5, 0.6) is 0 Å². The van der Waals surface area contributed by atoms with E-state index in [0.29, 0.717) is 18.5 Å². The van der Waals surface area contributed by atoms with Crippen molar-refractivity contribution in [1.82, 2.24) is 4.98 Å². The monoisotopic (exact) mass is 269 g/mol. The van der Waals surface area contributed by atoms with Gasteiger partial charge in [-0.2, -0.15) is 0 Å². The van der Waals surface area contributed by atoms with Crippen molar-refractivity contribution in [2.24, 2.45) is 11.7 Å². The number of aromatic nitrogens is 1. The van der Waals surface area contributed by atoms with Gasteiger partial charge in [-0.1, -0.05) is 32.0 Å². The second-order valence-corrected chi connectivity index (χ2v) is 6.13. The standard InChI is InChI=1S/C17H23N3/c1-12(2)11-20(14-7-8-14)17-9-13(10-18)19-16-6-4-3-5-15(16)17/h3-6,9,12,14H,7-8,10-11,18H2,1-2H3. The van der Waals surface area contributed by atoms with E-state index in [1.54, 1.807) is 0 Å². The predicted molar refractivity (Wildman–Crippen MR) is 84.8 cm³/mol. The Morgan fingerprint density at radius 1 is 1.30 bits per heavy atom. The highest BCUT2D eigenvalue weighted by molar-refractivity contribution is 5.92. The summed E-state index contributed by atoms with van der Waals surface area (Å²) in [6, 6.07) is 11.3. The molecule has 0 spiro atoms. The molecule has 3 nitrogen and oxygen atoms in total. The van der Waals surface area contributed by atoms with Crippen LogP contribution in [0.25, 0.3) is 10.9 Å². The fourth-order valence-corrected chi connectivity index (χ4v) is 2.78. The second kappa shape index (κ2) is 5.41. The molecule has 1 heterocycles. The van der Waals surface area contributed by atoms with Crippen LogP contribution in [0.2, 0.25) is 0 Å². The zero-order valence-electron chi connectivity index (χ0n) is 12.3. The topological polar surface area (TPSA) is 42.1 Å². The minimum absolute atomic E-state index is 0.498. The molecule has 0 unspecified atom stereocenters. The van der Waals surface area contributed by atoms with E-state index in [0.717, 1.165) is 17.8 Å². The molecule has 0 atom stereocenters. The number of nitrogens with two attached hydrogens (primary N) is 1. The van der Waals surface area contributed by atoms with Crippen molar-refractivity contribution >= 4 is 16.6 Å². The van der Waals surface area contributed by atoms with Crippen LogP contribution in [0, 0.1) is 5.92 Å². The molecule has 3 heteroatoms. The van der Waals surface area contributed by atoms with Gasteiger partial charge in [0.2, 0.25) is 0 Å². The molecule has 1 aromatic carbocycles. The lowest BCUT2D eigenvalue weighted by Crippen LogP contribution is -2.30. The van der Waals surface area contributed by atoms with Gasteiger partial charge in [-0.05, 0) is 30.9 Å². The highest BCUT2D eigenvalue weighted by Gasteiger charge is 2.30. The Hall–Kier alpha value is -1.61. The Morgan fingerprint density at radius 3 is 2.70 bits per heavy atom. The first-order valence-corrected chi connectivity index (χ1v) is 7.54. The van der Waals surface area contributed by atoms with Gasteiger partial charge in [0.1, 0.15) is 0 Å². The van der Waals surface area contributed by atoms with E-state index in [1.807, 2.05) is 6.07 Å².